The van der Waals surface area contributed by atoms with E-state index < -0.39 is 28.9 Å². The molecule has 0 saturated carbocycles. The van der Waals surface area contributed by atoms with E-state index in [4.69, 9.17) is 4.74 Å². The van der Waals surface area contributed by atoms with Crippen LogP contribution in [0.3, 0.4) is 0 Å². The maximum Gasteiger partial charge on any atom is 0.339 e. The molecule has 0 radical (unpaired) electrons. The minimum absolute atomic E-state index is 0.0770. The summed E-state index contributed by atoms with van der Waals surface area (Å²) in [6, 6.07) is 3.09. The summed E-state index contributed by atoms with van der Waals surface area (Å²) in [5.74, 6) is -1.73. The van der Waals surface area contributed by atoms with E-state index in [9.17, 15) is 24.5 Å². The second kappa shape index (κ2) is 7.90. The van der Waals surface area contributed by atoms with Crippen molar-refractivity contribution in [3.63, 3.8) is 0 Å². The Labute approximate surface area is 137 Å². The molecule has 0 aliphatic carbocycles. The standard InChI is InChI=1S/C14H18N4O6/c1-8(12(19)16-14(21)15-2)24-13(20)9-5-6-10(17(3)4)11(7-9)18(22)23/h5-8H,1-4H3,(H2,15,16,19,21)/t8-/m0/s1. The van der Waals surface area contributed by atoms with E-state index in [0.717, 1.165) is 6.07 Å². The molecular formula is C14H18N4O6. The molecule has 0 spiro atoms. The third kappa shape index (κ3) is 4.66. The molecule has 1 rings (SSSR count). The number of amides is 3. The first-order valence-corrected chi connectivity index (χ1v) is 6.86. The highest BCUT2D eigenvalue weighted by Crippen LogP contribution is 2.28. The first-order valence-electron chi connectivity index (χ1n) is 6.86. The number of ether oxygens (including phenoxy) is 1. The molecule has 1 aromatic rings. The Morgan fingerprint density at radius 3 is 2.42 bits per heavy atom. The molecule has 0 bridgehead atoms. The van der Waals surface area contributed by atoms with Crippen LogP contribution in [0.5, 0.6) is 0 Å². The molecule has 0 aromatic heterocycles. The molecule has 0 saturated heterocycles. The lowest BCUT2D eigenvalue weighted by atomic mass is 10.1. The SMILES string of the molecule is CNC(=O)NC(=O)[C@H](C)OC(=O)c1ccc(N(C)C)c([N+](=O)[O-])c1. The van der Waals surface area contributed by atoms with Crippen molar-refractivity contribution in [3.8, 4) is 0 Å². The Morgan fingerprint density at radius 1 is 1.29 bits per heavy atom. The zero-order chi connectivity index (χ0) is 18.4. The Bertz CT molecular complexity index is 673. The third-order valence-corrected chi connectivity index (χ3v) is 3.01. The fraction of sp³-hybridized carbons (Fsp3) is 0.357. The van der Waals surface area contributed by atoms with Crippen LogP contribution in [0.2, 0.25) is 0 Å². The van der Waals surface area contributed by atoms with E-state index >= 15 is 0 Å². The first-order chi connectivity index (χ1) is 11.2. The number of benzene rings is 1. The molecule has 0 unspecified atom stereocenters. The van der Waals surface area contributed by atoms with Crippen LogP contribution in [-0.4, -0.2) is 50.1 Å². The van der Waals surface area contributed by atoms with Crippen molar-refractivity contribution in [2.75, 3.05) is 26.0 Å². The molecule has 1 atom stereocenters. The quantitative estimate of drug-likeness (QED) is 0.458. The van der Waals surface area contributed by atoms with Gasteiger partial charge in [-0.2, -0.15) is 0 Å². The Hall–Kier alpha value is -3.17. The number of hydrogen-bond acceptors (Lipinski definition) is 7. The van der Waals surface area contributed by atoms with Crippen LogP contribution in [0, 0.1) is 10.1 Å². The minimum Gasteiger partial charge on any atom is -0.449 e. The van der Waals surface area contributed by atoms with Crippen LogP contribution in [0.4, 0.5) is 16.2 Å². The maximum absolute atomic E-state index is 12.0. The lowest BCUT2D eigenvalue weighted by Crippen LogP contribution is -2.43. The molecule has 3 amide bonds. The summed E-state index contributed by atoms with van der Waals surface area (Å²) in [7, 11) is 4.59. The summed E-state index contributed by atoms with van der Waals surface area (Å²) in [4.78, 5) is 46.7. The molecule has 1 aromatic carbocycles. The zero-order valence-electron chi connectivity index (χ0n) is 13.7. The Morgan fingerprint density at radius 2 is 1.92 bits per heavy atom. The van der Waals surface area contributed by atoms with Crippen molar-refractivity contribution < 1.29 is 24.0 Å². The average molecular weight is 338 g/mol. The zero-order valence-corrected chi connectivity index (χ0v) is 13.7. The van der Waals surface area contributed by atoms with E-state index in [1.54, 1.807) is 14.1 Å². The van der Waals surface area contributed by atoms with Gasteiger partial charge in [-0.05, 0) is 19.1 Å². The summed E-state index contributed by atoms with van der Waals surface area (Å²) in [5, 5.41) is 15.2. The van der Waals surface area contributed by atoms with E-state index in [1.807, 2.05) is 5.32 Å². The first kappa shape index (κ1) is 18.9. The third-order valence-electron chi connectivity index (χ3n) is 3.01. The van der Waals surface area contributed by atoms with Gasteiger partial charge < -0.3 is 15.0 Å². The van der Waals surface area contributed by atoms with Gasteiger partial charge in [0.25, 0.3) is 11.6 Å². The van der Waals surface area contributed by atoms with E-state index in [1.165, 1.54) is 31.0 Å². The van der Waals surface area contributed by atoms with Gasteiger partial charge >= 0.3 is 12.0 Å². The number of carbonyl (C=O) groups excluding carboxylic acids is 3. The van der Waals surface area contributed by atoms with Crippen molar-refractivity contribution in [2.24, 2.45) is 0 Å². The number of esters is 1. The number of carbonyl (C=O) groups is 3. The van der Waals surface area contributed by atoms with Crippen molar-refractivity contribution in [3.05, 3.63) is 33.9 Å². The van der Waals surface area contributed by atoms with Crippen LogP contribution in [0.15, 0.2) is 18.2 Å². The van der Waals surface area contributed by atoms with Gasteiger partial charge in [0.2, 0.25) is 0 Å². The van der Waals surface area contributed by atoms with Gasteiger partial charge in [-0.3, -0.25) is 20.2 Å². The number of nitro benzene ring substituents is 1. The van der Waals surface area contributed by atoms with Gasteiger partial charge in [-0.15, -0.1) is 0 Å². The Balaban J connectivity index is 2.92. The van der Waals surface area contributed by atoms with Crippen molar-refractivity contribution in [2.45, 2.75) is 13.0 Å². The maximum atomic E-state index is 12.0. The fourth-order valence-electron chi connectivity index (χ4n) is 1.73. The van der Waals surface area contributed by atoms with Gasteiger partial charge in [0.15, 0.2) is 6.10 Å². The second-order valence-electron chi connectivity index (χ2n) is 4.97. The van der Waals surface area contributed by atoms with Gasteiger partial charge in [0, 0.05) is 27.2 Å². The molecule has 0 aliphatic heterocycles. The summed E-state index contributed by atoms with van der Waals surface area (Å²) < 4.78 is 4.91. The van der Waals surface area contributed by atoms with Gasteiger partial charge in [-0.1, -0.05) is 0 Å². The molecule has 10 heteroatoms. The number of nitro groups is 1. The van der Waals surface area contributed by atoms with Crippen molar-refractivity contribution >= 4 is 29.3 Å². The van der Waals surface area contributed by atoms with Gasteiger partial charge in [0.1, 0.15) is 5.69 Å². The van der Waals surface area contributed by atoms with E-state index in [2.05, 4.69) is 5.32 Å². The average Bonchev–Trinajstić information content (AvgIpc) is 2.53. The number of anilines is 1. The van der Waals surface area contributed by atoms with Crippen molar-refractivity contribution in [1.29, 1.82) is 0 Å². The van der Waals surface area contributed by atoms with Crippen LogP contribution in [0.1, 0.15) is 17.3 Å². The van der Waals surface area contributed by atoms with E-state index in [-0.39, 0.29) is 11.3 Å². The molecule has 2 N–H and O–H groups in total. The highest BCUT2D eigenvalue weighted by molar-refractivity contribution is 5.98. The molecular weight excluding hydrogens is 320 g/mol. The minimum atomic E-state index is -1.25. The number of rotatable bonds is 5. The lowest BCUT2D eigenvalue weighted by molar-refractivity contribution is -0.384. The number of nitrogens with zero attached hydrogens (tertiary/aromatic N) is 2. The summed E-state index contributed by atoms with van der Waals surface area (Å²) in [6.45, 7) is 1.28. The van der Waals surface area contributed by atoms with E-state index in [0.29, 0.717) is 5.69 Å². The molecule has 0 aliphatic rings. The van der Waals surface area contributed by atoms with Gasteiger partial charge in [-0.25, -0.2) is 9.59 Å². The predicted molar refractivity (Wildman–Crippen MR) is 84.9 cm³/mol. The second-order valence-corrected chi connectivity index (χ2v) is 4.97. The van der Waals surface area contributed by atoms with Crippen LogP contribution >= 0.6 is 0 Å². The summed E-state index contributed by atoms with van der Waals surface area (Å²) >= 11 is 0. The number of imide groups is 1. The van der Waals surface area contributed by atoms with Crippen LogP contribution in [-0.2, 0) is 9.53 Å². The highest BCUT2D eigenvalue weighted by Gasteiger charge is 2.23. The predicted octanol–water partition coefficient (Wildman–Crippen LogP) is 0.662. The highest BCUT2D eigenvalue weighted by atomic mass is 16.6. The largest absolute Gasteiger partial charge is 0.449 e. The number of nitrogens with one attached hydrogen (secondary N) is 2. The topological polar surface area (TPSA) is 131 Å². The summed E-state index contributed by atoms with van der Waals surface area (Å²) in [5.41, 5.74) is -0.0224. The molecule has 0 fully saturated rings. The normalized spacial score (nSPS) is 11.2. The van der Waals surface area contributed by atoms with Crippen LogP contribution < -0.4 is 15.5 Å². The molecule has 24 heavy (non-hydrogen) atoms. The molecule has 0 heterocycles. The van der Waals surface area contributed by atoms with Crippen LogP contribution in [0.25, 0.3) is 0 Å². The lowest BCUT2D eigenvalue weighted by Gasteiger charge is -2.15. The molecule has 130 valence electrons. The fourth-order valence-corrected chi connectivity index (χ4v) is 1.73. The number of hydrogen-bond donors (Lipinski definition) is 2. The number of urea groups is 1. The smallest absolute Gasteiger partial charge is 0.339 e. The Kier molecular flexibility index (Phi) is 6.22. The summed E-state index contributed by atoms with van der Waals surface area (Å²) in [6.07, 6.45) is -1.25. The molecule has 10 nitrogen and oxygen atoms in total. The monoisotopic (exact) mass is 338 g/mol. The van der Waals surface area contributed by atoms with Gasteiger partial charge in [0.05, 0.1) is 10.5 Å². The van der Waals surface area contributed by atoms with Crippen molar-refractivity contribution in [1.82, 2.24) is 10.6 Å².